The second kappa shape index (κ2) is 7.24. The van der Waals surface area contributed by atoms with Crippen LogP contribution < -0.4 is 0 Å². The molecule has 2 atom stereocenters. The highest BCUT2D eigenvalue weighted by atomic mass is 16.5. The highest BCUT2D eigenvalue weighted by molar-refractivity contribution is 4.80. The summed E-state index contributed by atoms with van der Waals surface area (Å²) in [5.41, 5.74) is 0. The quantitative estimate of drug-likeness (QED) is 0.586. The summed E-state index contributed by atoms with van der Waals surface area (Å²) >= 11 is 0. The standard InChI is InChI=1S/C13H26O2/c1-4-5-6-13(15-3)12(10-14-2)9-11-7-8-11/h11-13H,4-10H2,1-3H3. The van der Waals surface area contributed by atoms with Gasteiger partial charge in [0.25, 0.3) is 0 Å². The van der Waals surface area contributed by atoms with E-state index in [1.165, 1.54) is 38.5 Å². The maximum absolute atomic E-state index is 5.62. The molecular weight excluding hydrogens is 188 g/mol. The highest BCUT2D eigenvalue weighted by Crippen LogP contribution is 2.37. The van der Waals surface area contributed by atoms with Gasteiger partial charge in [-0.05, 0) is 18.8 Å². The molecule has 0 amide bonds. The number of methoxy groups -OCH3 is 2. The van der Waals surface area contributed by atoms with Crippen LogP contribution in [0.5, 0.6) is 0 Å². The fourth-order valence-corrected chi connectivity index (χ4v) is 2.27. The first kappa shape index (κ1) is 13.0. The lowest BCUT2D eigenvalue weighted by Gasteiger charge is -2.25. The molecule has 0 radical (unpaired) electrons. The van der Waals surface area contributed by atoms with Gasteiger partial charge in [-0.3, -0.25) is 0 Å². The first-order valence-electron chi connectivity index (χ1n) is 6.33. The van der Waals surface area contributed by atoms with Crippen molar-refractivity contribution in [1.29, 1.82) is 0 Å². The average molecular weight is 214 g/mol. The fourth-order valence-electron chi connectivity index (χ4n) is 2.27. The van der Waals surface area contributed by atoms with Crippen LogP contribution in [0.2, 0.25) is 0 Å². The van der Waals surface area contributed by atoms with Gasteiger partial charge in [-0.15, -0.1) is 0 Å². The number of hydrogen-bond donors (Lipinski definition) is 0. The third kappa shape index (κ3) is 4.98. The van der Waals surface area contributed by atoms with Gasteiger partial charge in [0.1, 0.15) is 0 Å². The Morgan fingerprint density at radius 1 is 1.27 bits per heavy atom. The molecule has 0 spiro atoms. The lowest BCUT2D eigenvalue weighted by molar-refractivity contribution is 0.00270. The maximum atomic E-state index is 5.62. The van der Waals surface area contributed by atoms with Crippen molar-refractivity contribution in [2.24, 2.45) is 11.8 Å². The monoisotopic (exact) mass is 214 g/mol. The SMILES string of the molecule is CCCCC(OC)C(COC)CC1CC1. The van der Waals surface area contributed by atoms with Crippen LogP contribution in [0.4, 0.5) is 0 Å². The molecule has 1 rings (SSSR count). The molecule has 1 saturated carbocycles. The highest BCUT2D eigenvalue weighted by Gasteiger charge is 2.29. The van der Waals surface area contributed by atoms with Crippen LogP contribution in [0.3, 0.4) is 0 Å². The first-order chi connectivity index (χ1) is 7.31. The zero-order valence-corrected chi connectivity index (χ0v) is 10.5. The minimum Gasteiger partial charge on any atom is -0.384 e. The van der Waals surface area contributed by atoms with Crippen LogP contribution in [0, 0.1) is 11.8 Å². The number of unbranched alkanes of at least 4 members (excludes halogenated alkanes) is 1. The molecule has 1 aliphatic carbocycles. The molecule has 0 bridgehead atoms. The molecule has 0 heterocycles. The summed E-state index contributed by atoms with van der Waals surface area (Å²) in [7, 11) is 3.64. The first-order valence-corrected chi connectivity index (χ1v) is 6.33. The summed E-state index contributed by atoms with van der Waals surface area (Å²) in [4.78, 5) is 0. The van der Waals surface area contributed by atoms with Crippen molar-refractivity contribution < 1.29 is 9.47 Å². The minimum absolute atomic E-state index is 0.408. The second-order valence-corrected chi connectivity index (χ2v) is 4.81. The van der Waals surface area contributed by atoms with E-state index >= 15 is 0 Å². The zero-order chi connectivity index (χ0) is 11.1. The molecule has 0 aliphatic heterocycles. The molecule has 1 aliphatic rings. The van der Waals surface area contributed by atoms with Gasteiger partial charge in [0, 0.05) is 20.1 Å². The van der Waals surface area contributed by atoms with Gasteiger partial charge in [0.2, 0.25) is 0 Å². The van der Waals surface area contributed by atoms with E-state index in [9.17, 15) is 0 Å². The van der Waals surface area contributed by atoms with E-state index in [1.807, 2.05) is 7.11 Å². The van der Waals surface area contributed by atoms with Gasteiger partial charge in [0.05, 0.1) is 12.7 Å². The van der Waals surface area contributed by atoms with Crippen molar-refractivity contribution in [2.45, 2.75) is 51.6 Å². The van der Waals surface area contributed by atoms with E-state index in [2.05, 4.69) is 6.92 Å². The summed E-state index contributed by atoms with van der Waals surface area (Å²) in [5, 5.41) is 0. The Balaban J connectivity index is 2.33. The molecule has 2 nitrogen and oxygen atoms in total. The predicted molar refractivity (Wildman–Crippen MR) is 63.0 cm³/mol. The van der Waals surface area contributed by atoms with Crippen LogP contribution in [-0.2, 0) is 9.47 Å². The molecule has 90 valence electrons. The molecule has 0 saturated heterocycles. The van der Waals surface area contributed by atoms with E-state index < -0.39 is 0 Å². The smallest absolute Gasteiger partial charge is 0.0621 e. The van der Waals surface area contributed by atoms with Crippen LogP contribution in [-0.4, -0.2) is 26.9 Å². The second-order valence-electron chi connectivity index (χ2n) is 4.81. The molecule has 15 heavy (non-hydrogen) atoms. The number of ether oxygens (including phenoxy) is 2. The molecule has 1 fully saturated rings. The normalized spacial score (nSPS) is 20.2. The number of hydrogen-bond acceptors (Lipinski definition) is 2. The Bertz CT molecular complexity index is 155. The van der Waals surface area contributed by atoms with Gasteiger partial charge in [-0.2, -0.15) is 0 Å². The van der Waals surface area contributed by atoms with Gasteiger partial charge in [-0.1, -0.05) is 32.6 Å². The lowest BCUT2D eigenvalue weighted by atomic mass is 9.93. The van der Waals surface area contributed by atoms with Crippen molar-refractivity contribution in [1.82, 2.24) is 0 Å². The van der Waals surface area contributed by atoms with E-state index in [1.54, 1.807) is 7.11 Å². The lowest BCUT2D eigenvalue weighted by Crippen LogP contribution is -2.27. The predicted octanol–water partition coefficient (Wildman–Crippen LogP) is 3.25. The van der Waals surface area contributed by atoms with Gasteiger partial charge in [-0.25, -0.2) is 0 Å². The Labute approximate surface area is 94.3 Å². The van der Waals surface area contributed by atoms with E-state index in [0.717, 1.165) is 12.5 Å². The van der Waals surface area contributed by atoms with Crippen molar-refractivity contribution in [3.8, 4) is 0 Å². The van der Waals surface area contributed by atoms with Crippen molar-refractivity contribution in [2.75, 3.05) is 20.8 Å². The van der Waals surface area contributed by atoms with E-state index in [4.69, 9.17) is 9.47 Å². The van der Waals surface area contributed by atoms with Crippen molar-refractivity contribution in [3.05, 3.63) is 0 Å². The van der Waals surface area contributed by atoms with Crippen LogP contribution in [0.15, 0.2) is 0 Å². The molecule has 0 aromatic rings. The van der Waals surface area contributed by atoms with Crippen molar-refractivity contribution >= 4 is 0 Å². The van der Waals surface area contributed by atoms with Gasteiger partial charge >= 0.3 is 0 Å². The summed E-state index contributed by atoms with van der Waals surface area (Å²) < 4.78 is 10.9. The Hall–Kier alpha value is -0.0800. The summed E-state index contributed by atoms with van der Waals surface area (Å²) in [6.45, 7) is 3.09. The Kier molecular flexibility index (Phi) is 6.26. The molecule has 0 aromatic heterocycles. The van der Waals surface area contributed by atoms with E-state index in [0.29, 0.717) is 12.0 Å². The van der Waals surface area contributed by atoms with Crippen LogP contribution in [0.25, 0.3) is 0 Å². The largest absolute Gasteiger partial charge is 0.384 e. The third-order valence-electron chi connectivity index (χ3n) is 3.38. The topological polar surface area (TPSA) is 18.5 Å². The molecular formula is C13H26O2. The average Bonchev–Trinajstić information content (AvgIpc) is 3.03. The zero-order valence-electron chi connectivity index (χ0n) is 10.5. The van der Waals surface area contributed by atoms with Gasteiger partial charge < -0.3 is 9.47 Å². The van der Waals surface area contributed by atoms with Crippen molar-refractivity contribution in [3.63, 3.8) is 0 Å². The minimum atomic E-state index is 0.408. The number of rotatable bonds is 9. The molecule has 2 heteroatoms. The third-order valence-corrected chi connectivity index (χ3v) is 3.38. The maximum Gasteiger partial charge on any atom is 0.0621 e. The van der Waals surface area contributed by atoms with Crippen LogP contribution in [0.1, 0.15) is 45.4 Å². The molecule has 0 N–H and O–H groups in total. The van der Waals surface area contributed by atoms with Gasteiger partial charge in [0.15, 0.2) is 0 Å². The summed E-state index contributed by atoms with van der Waals surface area (Å²) in [6, 6.07) is 0. The summed E-state index contributed by atoms with van der Waals surface area (Å²) in [6.07, 6.45) is 8.26. The summed E-state index contributed by atoms with van der Waals surface area (Å²) in [5.74, 6) is 1.57. The molecule has 2 unspecified atom stereocenters. The molecule has 0 aromatic carbocycles. The van der Waals surface area contributed by atoms with E-state index in [-0.39, 0.29) is 0 Å². The Morgan fingerprint density at radius 2 is 2.00 bits per heavy atom. The Morgan fingerprint density at radius 3 is 2.47 bits per heavy atom. The fraction of sp³-hybridized carbons (Fsp3) is 1.00. The van der Waals surface area contributed by atoms with Crippen LogP contribution >= 0.6 is 0 Å².